The maximum absolute atomic E-state index is 13.2. The third kappa shape index (κ3) is 5.19. The third-order valence-corrected chi connectivity index (χ3v) is 7.48. The van der Waals surface area contributed by atoms with E-state index in [0.717, 1.165) is 28.6 Å². The lowest BCUT2D eigenvalue weighted by molar-refractivity contribution is -0.131. The standard InChI is InChI=1S/C23H31N3O4S/c1-18(2)19-10-11-21(30-4)22(16-19)31(28,29)24(3)17-23(27)26-14-12-25(13-15-26)20-8-6-5-7-9-20/h5-11,16,18H,12-15,17H2,1-4H3. The number of carbonyl (C=O) groups excluding carboxylic acids is 1. The van der Waals surface area contributed by atoms with Crippen molar-refractivity contribution in [3.63, 3.8) is 0 Å². The molecule has 1 fully saturated rings. The highest BCUT2D eigenvalue weighted by Crippen LogP contribution is 2.30. The van der Waals surface area contributed by atoms with Crippen LogP contribution in [-0.2, 0) is 14.8 Å². The normalized spacial score (nSPS) is 14.9. The lowest BCUT2D eigenvalue weighted by Crippen LogP contribution is -2.51. The highest BCUT2D eigenvalue weighted by Gasteiger charge is 2.29. The van der Waals surface area contributed by atoms with Crippen molar-refractivity contribution in [2.45, 2.75) is 24.7 Å². The molecule has 2 aromatic rings. The first-order valence-electron chi connectivity index (χ1n) is 10.5. The van der Waals surface area contributed by atoms with E-state index >= 15 is 0 Å². The summed E-state index contributed by atoms with van der Waals surface area (Å²) in [7, 11) is -0.990. The first-order valence-corrected chi connectivity index (χ1v) is 11.9. The Bertz CT molecular complexity index is 1000. The summed E-state index contributed by atoms with van der Waals surface area (Å²) in [6.07, 6.45) is 0. The van der Waals surface area contributed by atoms with Crippen LogP contribution < -0.4 is 9.64 Å². The van der Waals surface area contributed by atoms with Crippen LogP contribution in [0.15, 0.2) is 53.4 Å². The summed E-state index contributed by atoms with van der Waals surface area (Å²) in [4.78, 5) is 16.9. The fraction of sp³-hybridized carbons (Fsp3) is 0.435. The van der Waals surface area contributed by atoms with E-state index in [2.05, 4.69) is 17.0 Å². The van der Waals surface area contributed by atoms with Gasteiger partial charge in [0, 0.05) is 38.9 Å². The molecule has 0 spiro atoms. The number of para-hydroxylation sites is 1. The quantitative estimate of drug-likeness (QED) is 0.656. The number of anilines is 1. The molecule has 1 amide bonds. The molecule has 1 aliphatic heterocycles. The number of nitrogens with zero attached hydrogens (tertiary/aromatic N) is 3. The topological polar surface area (TPSA) is 70.2 Å². The van der Waals surface area contributed by atoms with Crippen molar-refractivity contribution in [1.29, 1.82) is 0 Å². The fourth-order valence-electron chi connectivity index (χ4n) is 3.65. The third-order valence-electron chi connectivity index (χ3n) is 5.65. The van der Waals surface area contributed by atoms with Crippen molar-refractivity contribution in [2.24, 2.45) is 0 Å². The summed E-state index contributed by atoms with van der Waals surface area (Å²) < 4.78 is 32.8. The number of methoxy groups -OCH3 is 1. The number of hydrogen-bond acceptors (Lipinski definition) is 5. The molecule has 0 aliphatic carbocycles. The van der Waals surface area contributed by atoms with E-state index in [-0.39, 0.29) is 29.0 Å². The van der Waals surface area contributed by atoms with Gasteiger partial charge in [-0.1, -0.05) is 38.1 Å². The van der Waals surface area contributed by atoms with Crippen LogP contribution in [0, 0.1) is 0 Å². The van der Waals surface area contributed by atoms with Gasteiger partial charge in [-0.25, -0.2) is 8.42 Å². The van der Waals surface area contributed by atoms with Crippen LogP contribution in [0.4, 0.5) is 5.69 Å². The number of likely N-dealkylation sites (N-methyl/N-ethyl adjacent to an activating group) is 1. The SMILES string of the molecule is COc1ccc(C(C)C)cc1S(=O)(=O)N(C)CC(=O)N1CCN(c2ccccc2)CC1. The number of hydrogen-bond donors (Lipinski definition) is 0. The number of sulfonamides is 1. The number of rotatable bonds is 7. The predicted molar refractivity (Wildman–Crippen MR) is 122 cm³/mol. The summed E-state index contributed by atoms with van der Waals surface area (Å²) >= 11 is 0. The van der Waals surface area contributed by atoms with Gasteiger partial charge in [0.25, 0.3) is 0 Å². The summed E-state index contributed by atoms with van der Waals surface area (Å²) in [5.74, 6) is 0.255. The summed E-state index contributed by atoms with van der Waals surface area (Å²) in [5.41, 5.74) is 2.03. The van der Waals surface area contributed by atoms with Gasteiger partial charge in [0.2, 0.25) is 15.9 Å². The van der Waals surface area contributed by atoms with Crippen LogP contribution in [-0.4, -0.2) is 70.4 Å². The van der Waals surface area contributed by atoms with E-state index in [1.165, 1.54) is 14.2 Å². The summed E-state index contributed by atoms with van der Waals surface area (Å²) in [6, 6.07) is 15.2. The van der Waals surface area contributed by atoms with E-state index in [1.54, 1.807) is 17.0 Å². The molecule has 7 nitrogen and oxygen atoms in total. The van der Waals surface area contributed by atoms with E-state index in [1.807, 2.05) is 38.1 Å². The van der Waals surface area contributed by atoms with Crippen LogP contribution in [0.1, 0.15) is 25.3 Å². The molecule has 8 heteroatoms. The number of benzene rings is 2. The van der Waals surface area contributed by atoms with Crippen molar-refractivity contribution >= 4 is 21.6 Å². The van der Waals surface area contributed by atoms with Gasteiger partial charge in [0.15, 0.2) is 0 Å². The van der Waals surface area contributed by atoms with Crippen LogP contribution in [0.2, 0.25) is 0 Å². The van der Waals surface area contributed by atoms with Gasteiger partial charge in [0.05, 0.1) is 13.7 Å². The van der Waals surface area contributed by atoms with Crippen molar-refractivity contribution in [2.75, 3.05) is 51.8 Å². The number of piperazine rings is 1. The smallest absolute Gasteiger partial charge is 0.246 e. The molecular weight excluding hydrogens is 414 g/mol. The zero-order valence-electron chi connectivity index (χ0n) is 18.6. The zero-order chi connectivity index (χ0) is 22.6. The molecule has 0 unspecified atom stereocenters. The van der Waals surface area contributed by atoms with E-state index in [0.29, 0.717) is 13.1 Å². The largest absolute Gasteiger partial charge is 0.495 e. The van der Waals surface area contributed by atoms with Crippen LogP contribution in [0.5, 0.6) is 5.75 Å². The van der Waals surface area contributed by atoms with Crippen LogP contribution >= 0.6 is 0 Å². The molecule has 0 bridgehead atoms. The van der Waals surface area contributed by atoms with Crippen molar-refractivity contribution < 1.29 is 17.9 Å². The van der Waals surface area contributed by atoms with E-state index in [4.69, 9.17) is 4.74 Å². The van der Waals surface area contributed by atoms with Gasteiger partial charge in [-0.2, -0.15) is 4.31 Å². The Morgan fingerprint density at radius 2 is 1.71 bits per heavy atom. The molecule has 0 atom stereocenters. The Kier molecular flexibility index (Phi) is 7.23. The zero-order valence-corrected chi connectivity index (χ0v) is 19.4. The van der Waals surface area contributed by atoms with Crippen LogP contribution in [0.3, 0.4) is 0 Å². The van der Waals surface area contributed by atoms with Crippen molar-refractivity contribution in [3.8, 4) is 5.75 Å². The molecule has 0 saturated carbocycles. The first kappa shape index (κ1) is 23.1. The molecule has 0 aromatic heterocycles. The second kappa shape index (κ2) is 9.70. The van der Waals surface area contributed by atoms with Gasteiger partial charge in [-0.3, -0.25) is 4.79 Å². The van der Waals surface area contributed by atoms with Crippen molar-refractivity contribution in [3.05, 3.63) is 54.1 Å². The maximum atomic E-state index is 13.2. The highest BCUT2D eigenvalue weighted by atomic mass is 32.2. The van der Waals surface area contributed by atoms with Gasteiger partial charge in [-0.05, 0) is 35.7 Å². The second-order valence-corrected chi connectivity index (χ2v) is 10.0. The monoisotopic (exact) mass is 445 g/mol. The van der Waals surface area contributed by atoms with Gasteiger partial charge >= 0.3 is 0 Å². The molecule has 3 rings (SSSR count). The Labute approximate surface area is 185 Å². The Hall–Kier alpha value is -2.58. The average molecular weight is 446 g/mol. The van der Waals surface area contributed by atoms with Crippen molar-refractivity contribution in [1.82, 2.24) is 9.21 Å². The lowest BCUT2D eigenvalue weighted by Gasteiger charge is -2.36. The molecule has 1 heterocycles. The maximum Gasteiger partial charge on any atom is 0.246 e. The number of carbonyl (C=O) groups is 1. The molecular formula is C23H31N3O4S. The number of ether oxygens (including phenoxy) is 1. The number of amides is 1. The van der Waals surface area contributed by atoms with E-state index in [9.17, 15) is 13.2 Å². The molecule has 1 saturated heterocycles. The molecule has 1 aliphatic rings. The average Bonchev–Trinajstić information content (AvgIpc) is 2.79. The molecule has 2 aromatic carbocycles. The Balaban J connectivity index is 1.68. The Morgan fingerprint density at radius 1 is 1.06 bits per heavy atom. The minimum atomic E-state index is -3.87. The highest BCUT2D eigenvalue weighted by molar-refractivity contribution is 7.89. The van der Waals surface area contributed by atoms with Gasteiger partial charge < -0.3 is 14.5 Å². The molecule has 0 N–H and O–H groups in total. The van der Waals surface area contributed by atoms with E-state index < -0.39 is 10.0 Å². The molecule has 31 heavy (non-hydrogen) atoms. The predicted octanol–water partition coefficient (Wildman–Crippen LogP) is 2.79. The molecule has 168 valence electrons. The summed E-state index contributed by atoms with van der Waals surface area (Å²) in [6.45, 7) is 6.36. The second-order valence-electron chi connectivity index (χ2n) is 8.03. The Morgan fingerprint density at radius 3 is 2.29 bits per heavy atom. The lowest BCUT2D eigenvalue weighted by atomic mass is 10.0. The fourth-order valence-corrected chi connectivity index (χ4v) is 4.96. The molecule has 0 radical (unpaired) electrons. The van der Waals surface area contributed by atoms with Gasteiger partial charge in [-0.15, -0.1) is 0 Å². The first-order chi connectivity index (χ1) is 14.7. The van der Waals surface area contributed by atoms with Gasteiger partial charge in [0.1, 0.15) is 10.6 Å². The summed E-state index contributed by atoms with van der Waals surface area (Å²) in [5, 5.41) is 0. The minimum absolute atomic E-state index is 0.0883. The van der Waals surface area contributed by atoms with Crippen LogP contribution in [0.25, 0.3) is 0 Å². The minimum Gasteiger partial charge on any atom is -0.495 e.